The SMILES string of the molecule is CC(C)c1cn(C)c(C(C)C(=O)O)n1. The molecular formula is C10H16N2O2. The van der Waals surface area contributed by atoms with Crippen LogP contribution in [-0.2, 0) is 11.8 Å². The van der Waals surface area contributed by atoms with Crippen molar-refractivity contribution in [1.82, 2.24) is 9.55 Å². The van der Waals surface area contributed by atoms with E-state index >= 15 is 0 Å². The van der Waals surface area contributed by atoms with Gasteiger partial charge in [0.25, 0.3) is 0 Å². The Morgan fingerprint density at radius 2 is 2.07 bits per heavy atom. The van der Waals surface area contributed by atoms with E-state index in [0.29, 0.717) is 11.7 Å². The molecule has 0 aromatic carbocycles. The Morgan fingerprint density at radius 3 is 2.43 bits per heavy atom. The van der Waals surface area contributed by atoms with Crippen LogP contribution in [0.15, 0.2) is 6.20 Å². The molecule has 1 heterocycles. The first-order valence-electron chi connectivity index (χ1n) is 4.69. The summed E-state index contributed by atoms with van der Waals surface area (Å²) in [6.45, 7) is 5.73. The molecule has 0 aliphatic rings. The van der Waals surface area contributed by atoms with E-state index in [1.807, 2.05) is 27.1 Å². The quantitative estimate of drug-likeness (QED) is 0.801. The number of nitrogens with zero attached hydrogens (tertiary/aromatic N) is 2. The van der Waals surface area contributed by atoms with E-state index in [0.717, 1.165) is 5.69 Å². The first-order valence-corrected chi connectivity index (χ1v) is 4.69. The van der Waals surface area contributed by atoms with Gasteiger partial charge in [-0.25, -0.2) is 4.98 Å². The molecule has 14 heavy (non-hydrogen) atoms. The maximum atomic E-state index is 10.8. The van der Waals surface area contributed by atoms with E-state index in [-0.39, 0.29) is 0 Å². The number of rotatable bonds is 3. The van der Waals surface area contributed by atoms with Gasteiger partial charge in [-0.15, -0.1) is 0 Å². The fraction of sp³-hybridized carbons (Fsp3) is 0.600. The van der Waals surface area contributed by atoms with E-state index in [4.69, 9.17) is 5.11 Å². The van der Waals surface area contributed by atoms with Crippen LogP contribution in [0.1, 0.15) is 44.1 Å². The van der Waals surface area contributed by atoms with Crippen molar-refractivity contribution in [2.24, 2.45) is 7.05 Å². The zero-order valence-corrected chi connectivity index (χ0v) is 8.98. The second kappa shape index (κ2) is 3.82. The second-order valence-corrected chi connectivity index (χ2v) is 3.85. The van der Waals surface area contributed by atoms with Gasteiger partial charge >= 0.3 is 5.97 Å². The summed E-state index contributed by atoms with van der Waals surface area (Å²) in [5.74, 6) is -0.446. The van der Waals surface area contributed by atoms with Crippen LogP contribution in [0, 0.1) is 0 Å². The van der Waals surface area contributed by atoms with Crippen molar-refractivity contribution in [1.29, 1.82) is 0 Å². The Hall–Kier alpha value is -1.32. The smallest absolute Gasteiger partial charge is 0.313 e. The summed E-state index contributed by atoms with van der Waals surface area (Å²) >= 11 is 0. The molecule has 0 spiro atoms. The fourth-order valence-corrected chi connectivity index (χ4v) is 1.30. The Morgan fingerprint density at radius 1 is 1.50 bits per heavy atom. The van der Waals surface area contributed by atoms with Crippen LogP contribution in [0.5, 0.6) is 0 Å². The molecule has 4 nitrogen and oxygen atoms in total. The third-order valence-corrected chi connectivity index (χ3v) is 2.28. The van der Waals surface area contributed by atoms with Gasteiger partial charge in [-0.3, -0.25) is 4.79 Å². The summed E-state index contributed by atoms with van der Waals surface area (Å²) in [5, 5.41) is 8.85. The monoisotopic (exact) mass is 196 g/mol. The Bertz CT molecular complexity index is 342. The van der Waals surface area contributed by atoms with Gasteiger partial charge in [0.05, 0.1) is 5.69 Å². The standard InChI is InChI=1S/C10H16N2O2/c1-6(2)8-5-12(4)9(11-8)7(3)10(13)14/h5-7H,1-4H3,(H,13,14). The summed E-state index contributed by atoms with van der Waals surface area (Å²) in [5.41, 5.74) is 0.940. The number of aliphatic carboxylic acids is 1. The fourth-order valence-electron chi connectivity index (χ4n) is 1.30. The molecule has 78 valence electrons. The number of hydrogen-bond donors (Lipinski definition) is 1. The lowest BCUT2D eigenvalue weighted by Gasteiger charge is -2.04. The summed E-state index contributed by atoms with van der Waals surface area (Å²) in [4.78, 5) is 15.1. The molecule has 0 saturated heterocycles. The molecule has 0 saturated carbocycles. The maximum absolute atomic E-state index is 10.8. The van der Waals surface area contributed by atoms with E-state index < -0.39 is 11.9 Å². The van der Waals surface area contributed by atoms with Gasteiger partial charge in [0, 0.05) is 13.2 Å². The molecule has 1 atom stereocenters. The van der Waals surface area contributed by atoms with Crippen LogP contribution in [0.3, 0.4) is 0 Å². The molecule has 1 aromatic heterocycles. The topological polar surface area (TPSA) is 55.1 Å². The zero-order valence-electron chi connectivity index (χ0n) is 8.98. The lowest BCUT2D eigenvalue weighted by Crippen LogP contribution is -2.12. The molecule has 0 amide bonds. The predicted molar refractivity (Wildman–Crippen MR) is 53.3 cm³/mol. The minimum Gasteiger partial charge on any atom is -0.481 e. The molecule has 0 bridgehead atoms. The van der Waals surface area contributed by atoms with E-state index in [1.165, 1.54) is 0 Å². The van der Waals surface area contributed by atoms with Crippen molar-refractivity contribution in [3.05, 3.63) is 17.7 Å². The van der Waals surface area contributed by atoms with Crippen molar-refractivity contribution in [3.63, 3.8) is 0 Å². The minimum atomic E-state index is -0.839. The zero-order chi connectivity index (χ0) is 10.9. The summed E-state index contributed by atoms with van der Waals surface area (Å²) in [7, 11) is 1.83. The largest absolute Gasteiger partial charge is 0.481 e. The van der Waals surface area contributed by atoms with Crippen LogP contribution in [0.25, 0.3) is 0 Å². The molecule has 1 unspecified atom stereocenters. The maximum Gasteiger partial charge on any atom is 0.313 e. The van der Waals surface area contributed by atoms with Gasteiger partial charge in [0.1, 0.15) is 11.7 Å². The third-order valence-electron chi connectivity index (χ3n) is 2.28. The summed E-state index contributed by atoms with van der Waals surface area (Å²) in [6, 6.07) is 0. The Kier molecular flexibility index (Phi) is 2.93. The summed E-state index contributed by atoms with van der Waals surface area (Å²) in [6.07, 6.45) is 1.89. The average molecular weight is 196 g/mol. The first kappa shape index (κ1) is 10.8. The number of carbonyl (C=O) groups is 1. The molecule has 1 aromatic rings. The highest BCUT2D eigenvalue weighted by Gasteiger charge is 2.20. The van der Waals surface area contributed by atoms with Gasteiger partial charge in [0.15, 0.2) is 0 Å². The highest BCUT2D eigenvalue weighted by atomic mass is 16.4. The van der Waals surface area contributed by atoms with E-state index in [2.05, 4.69) is 4.98 Å². The summed E-state index contributed by atoms with van der Waals surface area (Å²) < 4.78 is 1.79. The first-order chi connectivity index (χ1) is 6.43. The van der Waals surface area contributed by atoms with Gasteiger partial charge < -0.3 is 9.67 Å². The number of imidazole rings is 1. The molecule has 1 N–H and O–H groups in total. The molecule has 0 fully saturated rings. The van der Waals surface area contributed by atoms with Crippen molar-refractivity contribution in [3.8, 4) is 0 Å². The van der Waals surface area contributed by atoms with Crippen LogP contribution >= 0.6 is 0 Å². The molecule has 4 heteroatoms. The molecule has 0 aliphatic carbocycles. The molecular weight excluding hydrogens is 180 g/mol. The van der Waals surface area contributed by atoms with Gasteiger partial charge in [0.2, 0.25) is 0 Å². The Balaban J connectivity index is 3.04. The van der Waals surface area contributed by atoms with E-state index in [9.17, 15) is 4.79 Å². The lowest BCUT2D eigenvalue weighted by molar-refractivity contribution is -0.138. The van der Waals surface area contributed by atoms with Crippen LogP contribution in [0.2, 0.25) is 0 Å². The van der Waals surface area contributed by atoms with Crippen molar-refractivity contribution in [2.45, 2.75) is 32.6 Å². The Labute approximate surface area is 83.6 Å². The van der Waals surface area contributed by atoms with E-state index in [1.54, 1.807) is 11.5 Å². The third kappa shape index (κ3) is 1.95. The van der Waals surface area contributed by atoms with Crippen molar-refractivity contribution >= 4 is 5.97 Å². The van der Waals surface area contributed by atoms with Crippen LogP contribution < -0.4 is 0 Å². The van der Waals surface area contributed by atoms with Crippen molar-refractivity contribution in [2.75, 3.05) is 0 Å². The normalized spacial score (nSPS) is 13.2. The minimum absolute atomic E-state index is 0.330. The molecule has 0 radical (unpaired) electrons. The van der Waals surface area contributed by atoms with Crippen molar-refractivity contribution < 1.29 is 9.90 Å². The van der Waals surface area contributed by atoms with Gasteiger partial charge in [-0.1, -0.05) is 13.8 Å². The predicted octanol–water partition coefficient (Wildman–Crippen LogP) is 1.73. The van der Waals surface area contributed by atoms with Crippen LogP contribution in [-0.4, -0.2) is 20.6 Å². The number of hydrogen-bond acceptors (Lipinski definition) is 2. The number of carboxylic acids is 1. The van der Waals surface area contributed by atoms with Crippen LogP contribution in [0.4, 0.5) is 0 Å². The molecule has 0 aliphatic heterocycles. The molecule has 1 rings (SSSR count). The number of aromatic nitrogens is 2. The highest BCUT2D eigenvalue weighted by molar-refractivity contribution is 5.74. The average Bonchev–Trinajstić information content (AvgIpc) is 2.46. The second-order valence-electron chi connectivity index (χ2n) is 3.85. The number of carboxylic acid groups (broad SMARTS) is 1. The van der Waals surface area contributed by atoms with Gasteiger partial charge in [-0.05, 0) is 12.8 Å². The lowest BCUT2D eigenvalue weighted by atomic mass is 10.1. The highest BCUT2D eigenvalue weighted by Crippen LogP contribution is 2.18. The number of aryl methyl sites for hydroxylation is 1. The van der Waals surface area contributed by atoms with Gasteiger partial charge in [-0.2, -0.15) is 0 Å².